The summed E-state index contributed by atoms with van der Waals surface area (Å²) in [6.07, 6.45) is 1.93. The highest BCUT2D eigenvalue weighted by Gasteiger charge is 2.31. The molecule has 0 atom stereocenters. The van der Waals surface area contributed by atoms with Gasteiger partial charge in [-0.3, -0.25) is 0 Å². The maximum atomic E-state index is 12.0. The van der Waals surface area contributed by atoms with Crippen LogP contribution in [0, 0.1) is 11.3 Å². The number of hydrogen-bond acceptors (Lipinski definition) is 3. The van der Waals surface area contributed by atoms with E-state index >= 15 is 0 Å². The van der Waals surface area contributed by atoms with Crippen LogP contribution >= 0.6 is 0 Å². The second-order valence-electron chi connectivity index (χ2n) is 6.40. The van der Waals surface area contributed by atoms with E-state index in [1.165, 1.54) is 4.31 Å². The molecule has 1 aliphatic rings. The van der Waals surface area contributed by atoms with E-state index in [4.69, 9.17) is 0 Å². The molecule has 0 saturated heterocycles. The van der Waals surface area contributed by atoms with Gasteiger partial charge < -0.3 is 5.11 Å². The molecule has 0 radical (unpaired) electrons. The fourth-order valence-corrected chi connectivity index (χ4v) is 3.54. The van der Waals surface area contributed by atoms with Crippen molar-refractivity contribution in [2.75, 3.05) is 19.3 Å². The third-order valence-electron chi connectivity index (χ3n) is 3.31. The minimum atomic E-state index is -3.13. The van der Waals surface area contributed by atoms with Crippen molar-refractivity contribution in [2.24, 2.45) is 11.3 Å². The van der Waals surface area contributed by atoms with Crippen molar-refractivity contribution in [3.8, 4) is 0 Å². The molecule has 1 N–H and O–H groups in total. The molecule has 0 bridgehead atoms. The van der Waals surface area contributed by atoms with Gasteiger partial charge in [-0.2, -0.15) is 0 Å². The van der Waals surface area contributed by atoms with Gasteiger partial charge >= 0.3 is 0 Å². The first-order chi connectivity index (χ1) is 7.60. The zero-order chi connectivity index (χ0) is 13.3. The predicted octanol–water partition coefficient (Wildman–Crippen LogP) is 1.46. The number of sulfonamides is 1. The maximum Gasteiger partial charge on any atom is 0.213 e. The van der Waals surface area contributed by atoms with Crippen molar-refractivity contribution in [3.63, 3.8) is 0 Å². The Kier molecular flexibility index (Phi) is 4.60. The zero-order valence-corrected chi connectivity index (χ0v) is 12.1. The Morgan fingerprint density at radius 1 is 1.29 bits per heavy atom. The molecule has 0 aromatic rings. The summed E-state index contributed by atoms with van der Waals surface area (Å²) in [4.78, 5) is 0. The van der Waals surface area contributed by atoms with Gasteiger partial charge in [0.2, 0.25) is 10.0 Å². The van der Waals surface area contributed by atoms with Gasteiger partial charge in [0.15, 0.2) is 0 Å². The molecule has 0 heterocycles. The smallest absolute Gasteiger partial charge is 0.213 e. The second kappa shape index (κ2) is 5.24. The maximum absolute atomic E-state index is 12.0. The van der Waals surface area contributed by atoms with E-state index in [0.29, 0.717) is 18.9 Å². The molecule has 1 fully saturated rings. The number of aliphatic hydroxyl groups excluding tert-OH is 1. The third-order valence-corrected chi connectivity index (χ3v) is 5.13. The van der Waals surface area contributed by atoms with Crippen molar-refractivity contribution in [1.29, 1.82) is 0 Å². The SMILES string of the molecule is CN(CC1CC(O)C1)S(=O)(=O)CCC(C)(C)C. The van der Waals surface area contributed by atoms with Crippen LogP contribution in [-0.4, -0.2) is 43.3 Å². The monoisotopic (exact) mass is 263 g/mol. The second-order valence-corrected chi connectivity index (χ2v) is 8.59. The Hall–Kier alpha value is -0.130. The summed E-state index contributed by atoms with van der Waals surface area (Å²) in [5, 5.41) is 9.18. The molecule has 0 aromatic heterocycles. The summed E-state index contributed by atoms with van der Waals surface area (Å²) in [6.45, 7) is 6.68. The van der Waals surface area contributed by atoms with Crippen molar-refractivity contribution in [2.45, 2.75) is 46.1 Å². The van der Waals surface area contributed by atoms with E-state index in [9.17, 15) is 13.5 Å². The Balaban J connectivity index is 2.41. The number of nitrogens with zero attached hydrogens (tertiary/aromatic N) is 1. The number of aliphatic hydroxyl groups is 1. The van der Waals surface area contributed by atoms with Crippen LogP contribution in [0.5, 0.6) is 0 Å². The highest BCUT2D eigenvalue weighted by atomic mass is 32.2. The standard InChI is InChI=1S/C12H25NO3S/c1-12(2,3)5-6-17(15,16)13(4)9-10-7-11(14)8-10/h10-11,14H,5-9H2,1-4H3. The first kappa shape index (κ1) is 14.9. The Bertz CT molecular complexity index is 339. The Morgan fingerprint density at radius 2 is 1.82 bits per heavy atom. The fourth-order valence-electron chi connectivity index (χ4n) is 1.92. The molecule has 17 heavy (non-hydrogen) atoms. The van der Waals surface area contributed by atoms with Crippen molar-refractivity contribution < 1.29 is 13.5 Å². The summed E-state index contributed by atoms with van der Waals surface area (Å²) in [7, 11) is -1.49. The normalized spacial score (nSPS) is 26.0. The summed E-state index contributed by atoms with van der Waals surface area (Å²) in [5.41, 5.74) is 0.0422. The van der Waals surface area contributed by atoms with Gasteiger partial charge in [0.05, 0.1) is 11.9 Å². The summed E-state index contributed by atoms with van der Waals surface area (Å²) >= 11 is 0. The highest BCUT2D eigenvalue weighted by molar-refractivity contribution is 7.89. The molecule has 0 aromatic carbocycles. The summed E-state index contributed by atoms with van der Waals surface area (Å²) in [6, 6.07) is 0. The van der Waals surface area contributed by atoms with Crippen molar-refractivity contribution >= 4 is 10.0 Å². The summed E-state index contributed by atoms with van der Waals surface area (Å²) < 4.78 is 25.4. The van der Waals surface area contributed by atoms with Gasteiger partial charge in [-0.25, -0.2) is 12.7 Å². The largest absolute Gasteiger partial charge is 0.393 e. The molecule has 0 aliphatic heterocycles. The lowest BCUT2D eigenvalue weighted by molar-refractivity contribution is 0.0367. The molecule has 102 valence electrons. The van der Waals surface area contributed by atoms with Crippen LogP contribution in [0.15, 0.2) is 0 Å². The van der Waals surface area contributed by atoms with Crippen LogP contribution in [-0.2, 0) is 10.0 Å². The van der Waals surface area contributed by atoms with Crippen LogP contribution in [0.4, 0.5) is 0 Å². The highest BCUT2D eigenvalue weighted by Crippen LogP contribution is 2.28. The Labute approximate surface area is 105 Å². The van der Waals surface area contributed by atoms with Crippen LogP contribution < -0.4 is 0 Å². The first-order valence-electron chi connectivity index (χ1n) is 6.22. The lowest BCUT2D eigenvalue weighted by atomic mass is 9.82. The van der Waals surface area contributed by atoms with Crippen LogP contribution in [0.2, 0.25) is 0 Å². The van der Waals surface area contributed by atoms with Gasteiger partial charge in [-0.05, 0) is 30.6 Å². The molecule has 1 rings (SSSR count). The first-order valence-corrected chi connectivity index (χ1v) is 7.83. The zero-order valence-electron chi connectivity index (χ0n) is 11.3. The summed E-state index contributed by atoms with van der Waals surface area (Å²) in [5.74, 6) is 0.543. The minimum absolute atomic E-state index is 0.0422. The van der Waals surface area contributed by atoms with Crippen LogP contribution in [0.1, 0.15) is 40.0 Å². The predicted molar refractivity (Wildman–Crippen MR) is 69.2 cm³/mol. The van der Waals surface area contributed by atoms with Gasteiger partial charge in [0, 0.05) is 13.6 Å². The molecule has 1 aliphatic carbocycles. The average molecular weight is 263 g/mol. The molecule has 4 nitrogen and oxygen atoms in total. The van der Waals surface area contributed by atoms with E-state index in [0.717, 1.165) is 12.8 Å². The van der Waals surface area contributed by atoms with Crippen molar-refractivity contribution in [3.05, 3.63) is 0 Å². The van der Waals surface area contributed by atoms with Gasteiger partial charge in [-0.15, -0.1) is 0 Å². The van der Waals surface area contributed by atoms with E-state index in [2.05, 4.69) is 0 Å². The molecule has 5 heteroatoms. The fraction of sp³-hybridized carbons (Fsp3) is 1.00. The van der Waals surface area contributed by atoms with E-state index in [1.54, 1.807) is 7.05 Å². The molecule has 0 amide bonds. The topological polar surface area (TPSA) is 57.6 Å². The molecule has 0 spiro atoms. The molecule has 1 saturated carbocycles. The van der Waals surface area contributed by atoms with Gasteiger partial charge in [-0.1, -0.05) is 20.8 Å². The number of hydrogen-bond donors (Lipinski definition) is 1. The molecular weight excluding hydrogens is 238 g/mol. The van der Waals surface area contributed by atoms with E-state index in [-0.39, 0.29) is 17.3 Å². The van der Waals surface area contributed by atoms with E-state index in [1.807, 2.05) is 20.8 Å². The molecule has 0 unspecified atom stereocenters. The van der Waals surface area contributed by atoms with Crippen LogP contribution in [0.25, 0.3) is 0 Å². The average Bonchev–Trinajstić information content (AvgIpc) is 2.11. The van der Waals surface area contributed by atoms with Gasteiger partial charge in [0.25, 0.3) is 0 Å². The van der Waals surface area contributed by atoms with E-state index < -0.39 is 10.0 Å². The Morgan fingerprint density at radius 3 is 2.24 bits per heavy atom. The van der Waals surface area contributed by atoms with Crippen LogP contribution in [0.3, 0.4) is 0 Å². The van der Waals surface area contributed by atoms with Crippen molar-refractivity contribution in [1.82, 2.24) is 4.31 Å². The molecular formula is C12H25NO3S. The quantitative estimate of drug-likeness (QED) is 0.817. The van der Waals surface area contributed by atoms with Gasteiger partial charge in [0.1, 0.15) is 0 Å². The minimum Gasteiger partial charge on any atom is -0.393 e. The third kappa shape index (κ3) is 4.94. The lowest BCUT2D eigenvalue weighted by Gasteiger charge is -2.34. The number of rotatable bonds is 5. The lowest BCUT2D eigenvalue weighted by Crippen LogP contribution is -2.40.